The minimum Gasteiger partial charge on any atom is -0.483 e. The monoisotopic (exact) mass is 333 g/mol. The normalized spacial score (nSPS) is 10.2. The Morgan fingerprint density at radius 3 is 2.70 bits per heavy atom. The zero-order valence-electron chi connectivity index (χ0n) is 11.4. The number of ether oxygens (including phenoxy) is 1. The molecule has 0 unspecified atom stereocenters. The van der Waals surface area contributed by atoms with Crippen molar-refractivity contribution in [3.8, 4) is 5.75 Å². The molecule has 0 aliphatic heterocycles. The van der Waals surface area contributed by atoms with E-state index in [1.54, 1.807) is 0 Å². The molecule has 0 spiro atoms. The Labute approximate surface area is 127 Å². The van der Waals surface area contributed by atoms with Gasteiger partial charge in [0.2, 0.25) is 0 Å². The third kappa shape index (κ3) is 4.10. The molecule has 0 aromatic heterocycles. The maximum absolute atomic E-state index is 11.8. The summed E-state index contributed by atoms with van der Waals surface area (Å²) in [6.07, 6.45) is 0. The quantitative estimate of drug-likeness (QED) is 0.915. The molecule has 0 fully saturated rings. The van der Waals surface area contributed by atoms with Crippen molar-refractivity contribution >= 4 is 27.5 Å². The molecule has 0 bridgehead atoms. The summed E-state index contributed by atoms with van der Waals surface area (Å²) in [5.74, 6) is 0.547. The molecular formula is C16H16BrNO2. The van der Waals surface area contributed by atoms with Crippen LogP contribution in [-0.4, -0.2) is 12.5 Å². The van der Waals surface area contributed by atoms with E-state index in [9.17, 15) is 4.79 Å². The van der Waals surface area contributed by atoms with E-state index < -0.39 is 0 Å². The first-order valence-electron chi connectivity index (χ1n) is 6.30. The summed E-state index contributed by atoms with van der Waals surface area (Å²) < 4.78 is 6.52. The van der Waals surface area contributed by atoms with Crippen LogP contribution in [0, 0.1) is 13.8 Å². The van der Waals surface area contributed by atoms with Crippen LogP contribution in [0.2, 0.25) is 0 Å². The fourth-order valence-corrected chi connectivity index (χ4v) is 2.31. The van der Waals surface area contributed by atoms with Gasteiger partial charge in [-0.1, -0.05) is 28.1 Å². The summed E-state index contributed by atoms with van der Waals surface area (Å²) >= 11 is 3.39. The molecule has 0 saturated heterocycles. The molecule has 0 atom stereocenters. The van der Waals surface area contributed by atoms with Crippen LogP contribution >= 0.6 is 15.9 Å². The van der Waals surface area contributed by atoms with E-state index in [-0.39, 0.29) is 12.5 Å². The van der Waals surface area contributed by atoms with Crippen molar-refractivity contribution in [2.45, 2.75) is 13.8 Å². The average molecular weight is 334 g/mol. The highest BCUT2D eigenvalue weighted by molar-refractivity contribution is 9.10. The van der Waals surface area contributed by atoms with Gasteiger partial charge in [-0.05, 0) is 55.3 Å². The highest BCUT2D eigenvalue weighted by Gasteiger charge is 2.06. The van der Waals surface area contributed by atoms with Gasteiger partial charge in [0.15, 0.2) is 6.61 Å². The van der Waals surface area contributed by atoms with E-state index in [4.69, 9.17) is 4.74 Å². The lowest BCUT2D eigenvalue weighted by Crippen LogP contribution is -2.20. The Morgan fingerprint density at radius 1 is 1.20 bits per heavy atom. The molecule has 104 valence electrons. The van der Waals surface area contributed by atoms with Crippen molar-refractivity contribution < 1.29 is 9.53 Å². The number of hydrogen-bond donors (Lipinski definition) is 1. The molecule has 0 aliphatic carbocycles. The Kier molecular flexibility index (Phi) is 4.79. The fourth-order valence-electron chi connectivity index (χ4n) is 1.84. The molecule has 2 rings (SSSR count). The van der Waals surface area contributed by atoms with Crippen LogP contribution in [-0.2, 0) is 4.79 Å². The van der Waals surface area contributed by atoms with E-state index in [0.29, 0.717) is 5.75 Å². The molecule has 3 nitrogen and oxygen atoms in total. The maximum Gasteiger partial charge on any atom is 0.262 e. The number of amides is 1. The van der Waals surface area contributed by atoms with Crippen molar-refractivity contribution in [2.75, 3.05) is 11.9 Å². The highest BCUT2D eigenvalue weighted by atomic mass is 79.9. The van der Waals surface area contributed by atoms with E-state index in [1.165, 1.54) is 0 Å². The molecule has 1 N–H and O–H groups in total. The molecule has 0 aliphatic rings. The predicted octanol–water partition coefficient (Wildman–Crippen LogP) is 4.08. The number of anilines is 1. The molecule has 4 heteroatoms. The summed E-state index contributed by atoms with van der Waals surface area (Å²) in [5.41, 5.74) is 2.88. The van der Waals surface area contributed by atoms with Gasteiger partial charge in [-0.2, -0.15) is 0 Å². The van der Waals surface area contributed by atoms with Gasteiger partial charge >= 0.3 is 0 Å². The topological polar surface area (TPSA) is 38.3 Å². The van der Waals surface area contributed by atoms with Crippen molar-refractivity contribution in [3.63, 3.8) is 0 Å². The second-order valence-corrected chi connectivity index (χ2v) is 5.53. The minimum atomic E-state index is -0.169. The number of nitrogens with one attached hydrogen (secondary N) is 1. The summed E-state index contributed by atoms with van der Waals surface area (Å²) in [6, 6.07) is 13.4. The van der Waals surface area contributed by atoms with Gasteiger partial charge in [-0.3, -0.25) is 4.79 Å². The van der Waals surface area contributed by atoms with Crippen LogP contribution in [0.5, 0.6) is 5.75 Å². The average Bonchev–Trinajstić information content (AvgIpc) is 2.37. The van der Waals surface area contributed by atoms with Crippen LogP contribution in [0.25, 0.3) is 0 Å². The third-order valence-corrected chi connectivity index (χ3v) is 3.29. The Morgan fingerprint density at radius 2 is 2.00 bits per heavy atom. The lowest BCUT2D eigenvalue weighted by Gasteiger charge is -2.10. The molecular weight excluding hydrogens is 318 g/mol. The smallest absolute Gasteiger partial charge is 0.262 e. The minimum absolute atomic E-state index is 0.00356. The first-order valence-corrected chi connectivity index (χ1v) is 7.09. The van der Waals surface area contributed by atoms with Crippen LogP contribution < -0.4 is 10.1 Å². The number of rotatable bonds is 4. The SMILES string of the molecule is Cc1cccc(NC(=O)COc2ccc(Br)cc2C)c1. The third-order valence-electron chi connectivity index (χ3n) is 2.80. The van der Waals surface area contributed by atoms with E-state index in [1.807, 2.05) is 56.3 Å². The van der Waals surface area contributed by atoms with E-state index in [0.717, 1.165) is 21.3 Å². The van der Waals surface area contributed by atoms with Crippen LogP contribution in [0.3, 0.4) is 0 Å². The molecule has 0 radical (unpaired) electrons. The number of aryl methyl sites for hydroxylation is 2. The number of halogens is 1. The van der Waals surface area contributed by atoms with Gasteiger partial charge in [-0.15, -0.1) is 0 Å². The number of carbonyl (C=O) groups is 1. The van der Waals surface area contributed by atoms with Crippen LogP contribution in [0.15, 0.2) is 46.9 Å². The van der Waals surface area contributed by atoms with Gasteiger partial charge in [-0.25, -0.2) is 0 Å². The Hall–Kier alpha value is -1.81. The summed E-state index contributed by atoms with van der Waals surface area (Å²) in [5, 5.41) is 2.81. The summed E-state index contributed by atoms with van der Waals surface area (Å²) in [7, 11) is 0. The van der Waals surface area contributed by atoms with Gasteiger partial charge < -0.3 is 10.1 Å². The second-order valence-electron chi connectivity index (χ2n) is 4.62. The first kappa shape index (κ1) is 14.6. The zero-order valence-corrected chi connectivity index (χ0v) is 13.0. The van der Waals surface area contributed by atoms with Crippen molar-refractivity contribution in [3.05, 3.63) is 58.1 Å². The van der Waals surface area contributed by atoms with E-state index in [2.05, 4.69) is 21.2 Å². The lowest BCUT2D eigenvalue weighted by atomic mass is 10.2. The number of carbonyl (C=O) groups excluding carboxylic acids is 1. The molecule has 20 heavy (non-hydrogen) atoms. The van der Waals surface area contributed by atoms with Crippen molar-refractivity contribution in [1.29, 1.82) is 0 Å². The van der Waals surface area contributed by atoms with Gasteiger partial charge in [0.05, 0.1) is 0 Å². The van der Waals surface area contributed by atoms with E-state index >= 15 is 0 Å². The molecule has 0 saturated carbocycles. The molecule has 2 aromatic rings. The number of benzene rings is 2. The van der Waals surface area contributed by atoms with Gasteiger partial charge in [0.1, 0.15) is 5.75 Å². The zero-order chi connectivity index (χ0) is 14.5. The summed E-state index contributed by atoms with van der Waals surface area (Å²) in [4.78, 5) is 11.8. The lowest BCUT2D eigenvalue weighted by molar-refractivity contribution is -0.118. The molecule has 1 amide bonds. The molecule has 0 heterocycles. The predicted molar refractivity (Wildman–Crippen MR) is 84.2 cm³/mol. The largest absolute Gasteiger partial charge is 0.483 e. The van der Waals surface area contributed by atoms with Crippen LogP contribution in [0.1, 0.15) is 11.1 Å². The van der Waals surface area contributed by atoms with Crippen molar-refractivity contribution in [1.82, 2.24) is 0 Å². The Balaban J connectivity index is 1.92. The second kappa shape index (κ2) is 6.57. The first-order chi connectivity index (χ1) is 9.54. The maximum atomic E-state index is 11.8. The van der Waals surface area contributed by atoms with Crippen molar-refractivity contribution in [2.24, 2.45) is 0 Å². The van der Waals surface area contributed by atoms with Crippen LogP contribution in [0.4, 0.5) is 5.69 Å². The molecule has 2 aromatic carbocycles. The van der Waals surface area contributed by atoms with Gasteiger partial charge in [0, 0.05) is 10.2 Å². The van der Waals surface area contributed by atoms with Gasteiger partial charge in [0.25, 0.3) is 5.91 Å². The Bertz CT molecular complexity index is 626. The fraction of sp³-hybridized carbons (Fsp3) is 0.188. The standard InChI is InChI=1S/C16H16BrNO2/c1-11-4-3-5-14(8-11)18-16(19)10-20-15-7-6-13(17)9-12(15)2/h3-9H,10H2,1-2H3,(H,18,19). The number of hydrogen-bond acceptors (Lipinski definition) is 2. The highest BCUT2D eigenvalue weighted by Crippen LogP contribution is 2.22. The summed E-state index contributed by atoms with van der Waals surface area (Å²) in [6.45, 7) is 3.92.